The molecule has 1 aliphatic carbocycles. The van der Waals surface area contributed by atoms with Gasteiger partial charge in [0.05, 0.1) is 12.8 Å². The highest BCUT2D eigenvalue weighted by molar-refractivity contribution is 5.95. The molecule has 2 aliphatic rings. The van der Waals surface area contributed by atoms with Crippen molar-refractivity contribution < 1.29 is 14.3 Å². The molecule has 0 radical (unpaired) electrons. The van der Waals surface area contributed by atoms with Crippen molar-refractivity contribution in [1.29, 1.82) is 0 Å². The van der Waals surface area contributed by atoms with Crippen LogP contribution in [0.3, 0.4) is 0 Å². The monoisotopic (exact) mass is 421 g/mol. The maximum atomic E-state index is 12.8. The maximum Gasteiger partial charge on any atom is 0.306 e. The number of nitrogens with zero attached hydrogens (tertiary/aromatic N) is 2. The number of hydrogen-bond donors (Lipinski definition) is 1. The minimum absolute atomic E-state index is 0. The summed E-state index contributed by atoms with van der Waals surface area (Å²) in [6.45, 7) is 3.94. The van der Waals surface area contributed by atoms with Crippen LogP contribution in [0.1, 0.15) is 67.8 Å². The van der Waals surface area contributed by atoms with Crippen molar-refractivity contribution in [2.75, 3.05) is 19.7 Å². The molecule has 6 nitrogen and oxygen atoms in total. The van der Waals surface area contributed by atoms with E-state index < -0.39 is 0 Å². The molecule has 1 saturated carbocycles. The SMILES string of the molecule is CCOC(=O)CC1CCC2(CC1)CCN(C(=O)c1ccc(C=NN)cc1)CC2.Cl. The van der Waals surface area contributed by atoms with E-state index in [1.165, 1.54) is 0 Å². The Hall–Kier alpha value is -2.08. The molecule has 1 saturated heterocycles. The largest absolute Gasteiger partial charge is 0.466 e. The fourth-order valence-corrected chi connectivity index (χ4v) is 4.61. The van der Waals surface area contributed by atoms with Gasteiger partial charge in [-0.1, -0.05) is 12.1 Å². The van der Waals surface area contributed by atoms with E-state index in [4.69, 9.17) is 10.6 Å². The van der Waals surface area contributed by atoms with E-state index in [2.05, 4.69) is 5.10 Å². The Labute approximate surface area is 179 Å². The number of rotatable bonds is 5. The summed E-state index contributed by atoms with van der Waals surface area (Å²) >= 11 is 0. The number of hydrazone groups is 1. The Morgan fingerprint density at radius 2 is 1.79 bits per heavy atom. The molecule has 7 heteroatoms. The van der Waals surface area contributed by atoms with Crippen LogP contribution in [-0.4, -0.2) is 42.7 Å². The van der Waals surface area contributed by atoms with E-state index >= 15 is 0 Å². The molecule has 0 bridgehead atoms. The molecule has 1 heterocycles. The Morgan fingerprint density at radius 3 is 2.34 bits per heavy atom. The second-order valence-corrected chi connectivity index (χ2v) is 8.14. The smallest absolute Gasteiger partial charge is 0.306 e. The Morgan fingerprint density at radius 1 is 1.17 bits per heavy atom. The first-order valence-corrected chi connectivity index (χ1v) is 10.3. The number of likely N-dealkylation sites (tertiary alicyclic amines) is 1. The van der Waals surface area contributed by atoms with Crippen molar-refractivity contribution in [1.82, 2.24) is 4.90 Å². The van der Waals surface area contributed by atoms with E-state index in [1.54, 1.807) is 6.21 Å². The highest BCUT2D eigenvalue weighted by Crippen LogP contribution is 2.47. The van der Waals surface area contributed by atoms with Crippen molar-refractivity contribution in [3.63, 3.8) is 0 Å². The van der Waals surface area contributed by atoms with Crippen molar-refractivity contribution in [3.05, 3.63) is 35.4 Å². The van der Waals surface area contributed by atoms with Gasteiger partial charge in [-0.05, 0) is 74.5 Å². The molecule has 160 valence electrons. The van der Waals surface area contributed by atoms with Crippen LogP contribution in [0.25, 0.3) is 0 Å². The van der Waals surface area contributed by atoms with Gasteiger partial charge in [-0.15, -0.1) is 12.4 Å². The van der Waals surface area contributed by atoms with Crippen LogP contribution in [0.5, 0.6) is 0 Å². The second-order valence-electron chi connectivity index (χ2n) is 8.14. The van der Waals surface area contributed by atoms with Crippen LogP contribution in [0, 0.1) is 11.3 Å². The van der Waals surface area contributed by atoms with Gasteiger partial charge in [0.15, 0.2) is 0 Å². The number of ether oxygens (including phenoxy) is 1. The number of amides is 1. The van der Waals surface area contributed by atoms with Gasteiger partial charge in [0.25, 0.3) is 5.91 Å². The molecule has 2 N–H and O–H groups in total. The first-order chi connectivity index (χ1) is 13.5. The van der Waals surface area contributed by atoms with Gasteiger partial charge in [0, 0.05) is 25.1 Å². The number of nitrogens with two attached hydrogens (primary N) is 1. The number of piperidine rings is 1. The lowest BCUT2D eigenvalue weighted by atomic mass is 9.65. The lowest BCUT2D eigenvalue weighted by Crippen LogP contribution is -2.44. The van der Waals surface area contributed by atoms with E-state index in [0.29, 0.717) is 29.9 Å². The highest BCUT2D eigenvalue weighted by atomic mass is 35.5. The molecule has 1 amide bonds. The molecule has 2 fully saturated rings. The minimum atomic E-state index is -0.0624. The molecule has 0 atom stereocenters. The topological polar surface area (TPSA) is 85.0 Å². The molecule has 1 aromatic carbocycles. The van der Waals surface area contributed by atoms with E-state index in [-0.39, 0.29) is 24.3 Å². The number of carbonyl (C=O) groups is 2. The summed E-state index contributed by atoms with van der Waals surface area (Å²) in [5, 5.41) is 3.50. The van der Waals surface area contributed by atoms with E-state index in [9.17, 15) is 9.59 Å². The lowest BCUT2D eigenvalue weighted by Gasteiger charge is -2.46. The van der Waals surface area contributed by atoms with Gasteiger partial charge in [-0.2, -0.15) is 5.10 Å². The summed E-state index contributed by atoms with van der Waals surface area (Å²) < 4.78 is 5.09. The lowest BCUT2D eigenvalue weighted by molar-refractivity contribution is -0.144. The standard InChI is InChI=1S/C22H31N3O3.ClH/c1-2-28-20(26)15-17-7-9-22(10-8-17)11-13-25(14-12-22)21(27)19-5-3-18(4-6-19)16-24-23;/h3-6,16-17H,2,7-15,23H2,1H3;1H. The van der Waals surface area contributed by atoms with Crippen molar-refractivity contribution in [2.24, 2.45) is 22.3 Å². The zero-order valence-corrected chi connectivity index (χ0v) is 18.0. The third-order valence-corrected chi connectivity index (χ3v) is 6.42. The summed E-state index contributed by atoms with van der Waals surface area (Å²) in [4.78, 5) is 26.5. The number of halogens is 1. The van der Waals surface area contributed by atoms with E-state index in [0.717, 1.165) is 57.2 Å². The normalized spacial score (nSPS) is 19.1. The van der Waals surface area contributed by atoms with E-state index in [1.807, 2.05) is 36.1 Å². The van der Waals surface area contributed by atoms with Crippen molar-refractivity contribution >= 4 is 30.5 Å². The first-order valence-electron chi connectivity index (χ1n) is 10.3. The van der Waals surface area contributed by atoms with Crippen LogP contribution in [0.4, 0.5) is 0 Å². The zero-order chi connectivity index (χ0) is 20.0. The fraction of sp³-hybridized carbons (Fsp3) is 0.591. The summed E-state index contributed by atoms with van der Waals surface area (Å²) in [5.74, 6) is 5.66. The average Bonchev–Trinajstić information content (AvgIpc) is 2.71. The van der Waals surface area contributed by atoms with Crippen molar-refractivity contribution in [3.8, 4) is 0 Å². The van der Waals surface area contributed by atoms with Crippen LogP contribution in [-0.2, 0) is 9.53 Å². The molecular weight excluding hydrogens is 390 g/mol. The molecule has 29 heavy (non-hydrogen) atoms. The Kier molecular flexibility index (Phi) is 8.50. The van der Waals surface area contributed by atoms with Gasteiger partial charge < -0.3 is 15.5 Å². The summed E-state index contributed by atoms with van der Waals surface area (Å²) in [6, 6.07) is 7.40. The third-order valence-electron chi connectivity index (χ3n) is 6.42. The maximum absolute atomic E-state index is 12.8. The van der Waals surface area contributed by atoms with Gasteiger partial charge in [0.1, 0.15) is 0 Å². The minimum Gasteiger partial charge on any atom is -0.466 e. The summed E-state index contributed by atoms with van der Waals surface area (Å²) in [5.41, 5.74) is 1.95. The third kappa shape index (κ3) is 5.95. The van der Waals surface area contributed by atoms with Crippen molar-refractivity contribution in [2.45, 2.75) is 51.9 Å². The van der Waals surface area contributed by atoms with Gasteiger partial charge in [-0.3, -0.25) is 9.59 Å². The van der Waals surface area contributed by atoms with Gasteiger partial charge in [0.2, 0.25) is 0 Å². The molecule has 3 rings (SSSR count). The predicted octanol–water partition coefficient (Wildman–Crippen LogP) is 3.77. The Balaban J connectivity index is 0.00000300. The molecule has 0 aromatic heterocycles. The predicted molar refractivity (Wildman–Crippen MR) is 116 cm³/mol. The summed E-state index contributed by atoms with van der Waals surface area (Å²) in [6.07, 6.45) is 8.74. The number of esters is 1. The molecule has 1 spiro atoms. The fourth-order valence-electron chi connectivity index (χ4n) is 4.61. The van der Waals surface area contributed by atoms with Crippen LogP contribution in [0.15, 0.2) is 29.4 Å². The Bertz CT molecular complexity index is 703. The van der Waals surface area contributed by atoms with Gasteiger partial charge >= 0.3 is 5.97 Å². The van der Waals surface area contributed by atoms with Crippen LogP contribution >= 0.6 is 12.4 Å². The molecule has 0 unspecified atom stereocenters. The molecular formula is C22H32ClN3O3. The van der Waals surface area contributed by atoms with Gasteiger partial charge in [-0.25, -0.2) is 0 Å². The first kappa shape index (κ1) is 23.2. The number of benzene rings is 1. The highest BCUT2D eigenvalue weighted by Gasteiger charge is 2.39. The zero-order valence-electron chi connectivity index (χ0n) is 17.1. The number of hydrogen-bond acceptors (Lipinski definition) is 5. The van der Waals surface area contributed by atoms with Crippen LogP contribution < -0.4 is 5.84 Å². The summed E-state index contributed by atoms with van der Waals surface area (Å²) in [7, 11) is 0. The number of carbonyl (C=O) groups excluding carboxylic acids is 2. The molecule has 1 aliphatic heterocycles. The molecule has 1 aromatic rings. The average molecular weight is 422 g/mol. The second kappa shape index (κ2) is 10.6. The quantitative estimate of drug-likeness (QED) is 0.339. The van der Waals surface area contributed by atoms with Crippen LogP contribution in [0.2, 0.25) is 0 Å².